The summed E-state index contributed by atoms with van der Waals surface area (Å²) in [5.74, 6) is 0. The van der Waals surface area contributed by atoms with Gasteiger partial charge in [-0.2, -0.15) is 0 Å². The summed E-state index contributed by atoms with van der Waals surface area (Å²) < 4.78 is 4.63. The first-order chi connectivity index (χ1) is 6.07. The van der Waals surface area contributed by atoms with E-state index in [1.807, 2.05) is 0 Å². The van der Waals surface area contributed by atoms with Crippen molar-refractivity contribution >= 4 is 0 Å². The van der Waals surface area contributed by atoms with Crippen LogP contribution in [0, 0.1) is 0 Å². The Kier molecular flexibility index (Phi) is 3.56. The number of ether oxygens (including phenoxy) is 1. The lowest BCUT2D eigenvalue weighted by Crippen LogP contribution is -2.58. The second kappa shape index (κ2) is 4.29. The van der Waals surface area contributed by atoms with E-state index < -0.39 is 37.3 Å². The molecule has 0 spiro atoms. The summed E-state index contributed by atoms with van der Waals surface area (Å²) in [6, 6.07) is 0. The van der Waals surface area contributed by atoms with Crippen LogP contribution in [0.1, 0.15) is 0 Å². The average Bonchev–Trinajstić information content (AvgIpc) is 2.11. The number of rotatable bonds is 2. The van der Waals surface area contributed by atoms with Gasteiger partial charge < -0.3 is 25.2 Å². The minimum Gasteiger partial charge on any atom is -0.387 e. The van der Waals surface area contributed by atoms with Crippen molar-refractivity contribution in [3.8, 4) is 0 Å². The van der Waals surface area contributed by atoms with E-state index in [2.05, 4.69) is 9.62 Å². The minimum absolute atomic E-state index is 0.401. The monoisotopic (exact) mass is 196 g/mol. The predicted octanol–water partition coefficient (Wildman–Crippen LogP) is -2.72. The van der Waals surface area contributed by atoms with E-state index in [1.165, 1.54) is 0 Å². The van der Waals surface area contributed by atoms with Gasteiger partial charge in [-0.1, -0.05) is 0 Å². The molecule has 7 heteroatoms. The summed E-state index contributed by atoms with van der Waals surface area (Å²) in [7, 11) is 0. The fraction of sp³-hybridized carbons (Fsp3) is 1.00. The van der Waals surface area contributed by atoms with Gasteiger partial charge in [-0.05, 0) is 0 Å². The van der Waals surface area contributed by atoms with E-state index in [4.69, 9.17) is 20.6 Å². The normalized spacial score (nSPS) is 46.4. The zero-order valence-electron chi connectivity index (χ0n) is 6.65. The Labute approximate surface area is 73.7 Å². The van der Waals surface area contributed by atoms with Crippen LogP contribution in [-0.2, 0) is 9.62 Å². The highest BCUT2D eigenvalue weighted by molar-refractivity contribution is 4.88. The predicted molar refractivity (Wildman–Crippen MR) is 37.5 cm³/mol. The average molecular weight is 196 g/mol. The lowest BCUT2D eigenvalue weighted by molar-refractivity contribution is -0.323. The molecule has 0 saturated carbocycles. The molecular weight excluding hydrogens is 184 g/mol. The van der Waals surface area contributed by atoms with E-state index in [9.17, 15) is 5.11 Å². The smallest absolute Gasteiger partial charge is 0.184 e. The molecule has 1 rings (SSSR count). The molecule has 0 aromatic carbocycles. The number of aliphatic hydroxyl groups excluding tert-OH is 4. The Bertz CT molecular complexity index is 163. The SMILES string of the molecule is OOC[C@H]1O[C@@H](O)[C@H](O)[C@@H](O)[C@@H]1O. The summed E-state index contributed by atoms with van der Waals surface area (Å²) in [5, 5.41) is 44.4. The molecule has 1 saturated heterocycles. The molecule has 5 atom stereocenters. The Hall–Kier alpha value is -0.280. The standard InChI is InChI=1S/C6H12O7/c7-3-2(1-12-11)13-6(10)5(9)4(3)8/h2-11H,1H2/t2-,3-,4+,5-,6-/m1/s1. The maximum absolute atomic E-state index is 9.22. The molecule has 78 valence electrons. The van der Waals surface area contributed by atoms with Gasteiger partial charge in [-0.15, -0.1) is 0 Å². The summed E-state index contributed by atoms with van der Waals surface area (Å²) in [6.45, 7) is -0.401. The molecule has 1 fully saturated rings. The van der Waals surface area contributed by atoms with Gasteiger partial charge in [0.2, 0.25) is 0 Å². The highest BCUT2D eigenvalue weighted by atomic mass is 17.1. The van der Waals surface area contributed by atoms with Gasteiger partial charge in [-0.3, -0.25) is 5.26 Å². The van der Waals surface area contributed by atoms with Crippen molar-refractivity contribution in [2.45, 2.75) is 30.7 Å². The van der Waals surface area contributed by atoms with Gasteiger partial charge in [0.15, 0.2) is 6.29 Å². The van der Waals surface area contributed by atoms with Crippen molar-refractivity contribution in [2.24, 2.45) is 0 Å². The third kappa shape index (κ3) is 2.15. The second-order valence-electron chi connectivity index (χ2n) is 2.83. The van der Waals surface area contributed by atoms with E-state index in [0.29, 0.717) is 0 Å². The van der Waals surface area contributed by atoms with Crippen molar-refractivity contribution in [1.29, 1.82) is 0 Å². The number of aliphatic hydroxyl groups is 4. The molecular formula is C6H12O7. The van der Waals surface area contributed by atoms with Crippen LogP contribution in [-0.4, -0.2) is 63.0 Å². The number of hydrogen-bond donors (Lipinski definition) is 5. The molecule has 7 nitrogen and oxygen atoms in total. The Morgan fingerprint density at radius 3 is 2.15 bits per heavy atom. The molecule has 13 heavy (non-hydrogen) atoms. The summed E-state index contributed by atoms with van der Waals surface area (Å²) in [5.41, 5.74) is 0. The highest BCUT2D eigenvalue weighted by Gasteiger charge is 2.42. The van der Waals surface area contributed by atoms with E-state index >= 15 is 0 Å². The van der Waals surface area contributed by atoms with E-state index in [1.54, 1.807) is 0 Å². The molecule has 0 aromatic rings. The maximum Gasteiger partial charge on any atom is 0.184 e. The third-order valence-electron chi connectivity index (χ3n) is 1.93. The maximum atomic E-state index is 9.22. The molecule has 0 radical (unpaired) electrons. The third-order valence-corrected chi connectivity index (χ3v) is 1.93. The van der Waals surface area contributed by atoms with E-state index in [-0.39, 0.29) is 0 Å². The summed E-state index contributed by atoms with van der Waals surface area (Å²) in [6.07, 6.45) is -7.17. The van der Waals surface area contributed by atoms with Gasteiger partial charge in [0, 0.05) is 0 Å². The summed E-state index contributed by atoms with van der Waals surface area (Å²) >= 11 is 0. The second-order valence-corrected chi connectivity index (χ2v) is 2.83. The van der Waals surface area contributed by atoms with Crippen LogP contribution in [0.2, 0.25) is 0 Å². The van der Waals surface area contributed by atoms with Gasteiger partial charge in [0.25, 0.3) is 0 Å². The zero-order valence-corrected chi connectivity index (χ0v) is 6.65. The van der Waals surface area contributed by atoms with Crippen LogP contribution in [0.3, 0.4) is 0 Å². The molecule has 1 aliphatic rings. The van der Waals surface area contributed by atoms with Gasteiger partial charge in [0.05, 0.1) is 0 Å². The Balaban J connectivity index is 2.59. The fourth-order valence-corrected chi connectivity index (χ4v) is 1.14. The topological polar surface area (TPSA) is 120 Å². The van der Waals surface area contributed by atoms with Crippen LogP contribution >= 0.6 is 0 Å². The molecule has 0 unspecified atom stereocenters. The minimum atomic E-state index is -1.60. The first-order valence-electron chi connectivity index (χ1n) is 3.72. The van der Waals surface area contributed by atoms with Crippen LogP contribution in [0.4, 0.5) is 0 Å². The first kappa shape index (κ1) is 10.8. The quantitative estimate of drug-likeness (QED) is 0.240. The van der Waals surface area contributed by atoms with Gasteiger partial charge in [-0.25, -0.2) is 4.89 Å². The van der Waals surface area contributed by atoms with E-state index in [0.717, 1.165) is 0 Å². The van der Waals surface area contributed by atoms with Crippen molar-refractivity contribution < 1.29 is 35.3 Å². The van der Waals surface area contributed by atoms with Crippen molar-refractivity contribution in [1.82, 2.24) is 0 Å². The molecule has 0 aliphatic carbocycles. The first-order valence-corrected chi connectivity index (χ1v) is 3.72. The summed E-state index contributed by atoms with van der Waals surface area (Å²) in [4.78, 5) is 3.69. The zero-order chi connectivity index (χ0) is 10.0. The fourth-order valence-electron chi connectivity index (χ4n) is 1.14. The molecule has 1 heterocycles. The van der Waals surface area contributed by atoms with Crippen molar-refractivity contribution in [2.75, 3.05) is 6.61 Å². The molecule has 0 amide bonds. The Morgan fingerprint density at radius 2 is 1.62 bits per heavy atom. The highest BCUT2D eigenvalue weighted by Crippen LogP contribution is 2.19. The molecule has 1 aliphatic heterocycles. The lowest BCUT2D eigenvalue weighted by Gasteiger charge is -2.37. The number of hydrogen-bond acceptors (Lipinski definition) is 7. The van der Waals surface area contributed by atoms with Crippen LogP contribution in [0.25, 0.3) is 0 Å². The van der Waals surface area contributed by atoms with Gasteiger partial charge >= 0.3 is 0 Å². The molecule has 0 aromatic heterocycles. The van der Waals surface area contributed by atoms with Gasteiger partial charge in [0.1, 0.15) is 31.0 Å². The Morgan fingerprint density at radius 1 is 1.00 bits per heavy atom. The molecule has 0 bridgehead atoms. The van der Waals surface area contributed by atoms with Crippen molar-refractivity contribution in [3.05, 3.63) is 0 Å². The van der Waals surface area contributed by atoms with Crippen molar-refractivity contribution in [3.63, 3.8) is 0 Å². The largest absolute Gasteiger partial charge is 0.387 e. The van der Waals surface area contributed by atoms with Crippen LogP contribution in [0.15, 0.2) is 0 Å². The van der Waals surface area contributed by atoms with Crippen LogP contribution in [0.5, 0.6) is 0 Å². The van der Waals surface area contributed by atoms with Crippen LogP contribution < -0.4 is 0 Å². The lowest BCUT2D eigenvalue weighted by atomic mass is 9.99. The molecule has 5 N–H and O–H groups in total.